The maximum absolute atomic E-state index is 11.6. The van der Waals surface area contributed by atoms with Crippen molar-refractivity contribution in [2.45, 2.75) is 26.3 Å². The zero-order chi connectivity index (χ0) is 14.7. The van der Waals surface area contributed by atoms with E-state index in [0.717, 1.165) is 28.0 Å². The first-order valence-corrected chi connectivity index (χ1v) is 6.63. The molecule has 0 aliphatic rings. The van der Waals surface area contributed by atoms with Crippen molar-refractivity contribution in [1.29, 1.82) is 0 Å². The number of benzene rings is 1. The lowest BCUT2D eigenvalue weighted by Crippen LogP contribution is -2.28. The van der Waals surface area contributed by atoms with Crippen LogP contribution < -0.4 is 15.8 Å². The number of ether oxygens (including phenoxy) is 1. The van der Waals surface area contributed by atoms with Crippen LogP contribution in [0.1, 0.15) is 30.7 Å². The minimum atomic E-state index is -0.188. The fourth-order valence-corrected chi connectivity index (χ4v) is 2.27. The van der Waals surface area contributed by atoms with Crippen molar-refractivity contribution in [2.24, 2.45) is 5.73 Å². The van der Waals surface area contributed by atoms with Gasteiger partial charge in [0.15, 0.2) is 0 Å². The molecule has 6 heteroatoms. The molecule has 0 aliphatic heterocycles. The Labute approximate surface area is 130 Å². The van der Waals surface area contributed by atoms with Gasteiger partial charge in [-0.25, -0.2) is 0 Å². The average Bonchev–Trinajstić information content (AvgIpc) is 2.76. The quantitative estimate of drug-likeness (QED) is 0.890. The van der Waals surface area contributed by atoms with E-state index in [-0.39, 0.29) is 24.4 Å². The first-order chi connectivity index (χ1) is 9.56. The number of furan rings is 1. The normalized spacial score (nSPS) is 11.8. The number of hydrogen-bond donors (Lipinski definition) is 2. The Balaban J connectivity index is 0.00000220. The Kier molecular flexibility index (Phi) is 6.05. The number of nitrogens with two attached hydrogens (primary N) is 1. The van der Waals surface area contributed by atoms with Crippen molar-refractivity contribution in [3.8, 4) is 5.75 Å². The largest absolute Gasteiger partial charge is 0.497 e. The number of methoxy groups -OCH3 is 1. The molecule has 1 aromatic carbocycles. The maximum Gasteiger partial charge on any atom is 0.221 e. The smallest absolute Gasteiger partial charge is 0.221 e. The third-order valence-corrected chi connectivity index (χ3v) is 3.32. The van der Waals surface area contributed by atoms with Crippen molar-refractivity contribution in [3.05, 3.63) is 29.5 Å². The molecule has 21 heavy (non-hydrogen) atoms. The minimum absolute atomic E-state index is 0. The zero-order valence-corrected chi connectivity index (χ0v) is 13.3. The first-order valence-electron chi connectivity index (χ1n) is 6.63. The molecule has 0 saturated heterocycles. The summed E-state index contributed by atoms with van der Waals surface area (Å²) in [4.78, 5) is 11.6. The van der Waals surface area contributed by atoms with E-state index in [4.69, 9.17) is 14.9 Å². The van der Waals surface area contributed by atoms with Crippen LogP contribution in [0.25, 0.3) is 11.0 Å². The molecule has 0 spiro atoms. The van der Waals surface area contributed by atoms with Crippen LogP contribution in [-0.4, -0.2) is 19.6 Å². The Morgan fingerprint density at radius 3 is 2.81 bits per heavy atom. The van der Waals surface area contributed by atoms with Crippen LogP contribution in [0, 0.1) is 6.92 Å². The van der Waals surface area contributed by atoms with Crippen LogP contribution >= 0.6 is 12.4 Å². The van der Waals surface area contributed by atoms with Gasteiger partial charge in [0.05, 0.1) is 13.2 Å². The van der Waals surface area contributed by atoms with Gasteiger partial charge in [0.1, 0.15) is 17.1 Å². The molecule has 3 N–H and O–H groups in total. The number of hydrogen-bond acceptors (Lipinski definition) is 4. The standard InChI is InChI=1S/C15H20N2O3.ClH/c1-9-12-8-11(19-3)4-5-13(12)20-15(9)10(2)17-14(18)6-7-16;/h4-5,8,10H,6-7,16H2,1-3H3,(H,17,18);1H. The molecule has 2 rings (SSSR count). The summed E-state index contributed by atoms with van der Waals surface area (Å²) < 4.78 is 11.1. The van der Waals surface area contributed by atoms with Gasteiger partial charge in [-0.05, 0) is 32.0 Å². The van der Waals surface area contributed by atoms with Crippen molar-refractivity contribution in [1.82, 2.24) is 5.32 Å². The maximum atomic E-state index is 11.6. The second-order valence-corrected chi connectivity index (χ2v) is 4.78. The molecule has 1 amide bonds. The third-order valence-electron chi connectivity index (χ3n) is 3.32. The number of carbonyl (C=O) groups excluding carboxylic acids is 1. The molecular weight excluding hydrogens is 292 g/mol. The van der Waals surface area contributed by atoms with Gasteiger partial charge in [-0.3, -0.25) is 4.79 Å². The molecule has 0 fully saturated rings. The molecule has 0 bridgehead atoms. The SMILES string of the molecule is COc1ccc2oc(C(C)NC(=O)CCN)c(C)c2c1.Cl. The molecule has 1 heterocycles. The van der Waals surface area contributed by atoms with E-state index >= 15 is 0 Å². The highest BCUT2D eigenvalue weighted by Gasteiger charge is 2.18. The lowest BCUT2D eigenvalue weighted by Gasteiger charge is -2.12. The van der Waals surface area contributed by atoms with Gasteiger partial charge in [-0.2, -0.15) is 0 Å². The summed E-state index contributed by atoms with van der Waals surface area (Å²) in [6.45, 7) is 4.22. The van der Waals surface area contributed by atoms with Crippen molar-refractivity contribution >= 4 is 29.3 Å². The van der Waals surface area contributed by atoms with Gasteiger partial charge in [0.2, 0.25) is 5.91 Å². The topological polar surface area (TPSA) is 77.5 Å². The Morgan fingerprint density at radius 2 is 2.19 bits per heavy atom. The van der Waals surface area contributed by atoms with Gasteiger partial charge in [0.25, 0.3) is 0 Å². The summed E-state index contributed by atoms with van der Waals surface area (Å²) in [6.07, 6.45) is 0.317. The number of carbonyl (C=O) groups is 1. The predicted molar refractivity (Wildman–Crippen MR) is 85.0 cm³/mol. The van der Waals surface area contributed by atoms with Crippen LogP contribution in [0.15, 0.2) is 22.6 Å². The van der Waals surface area contributed by atoms with Crippen molar-refractivity contribution in [2.75, 3.05) is 13.7 Å². The van der Waals surface area contributed by atoms with Crippen LogP contribution in [-0.2, 0) is 4.79 Å². The third kappa shape index (κ3) is 3.68. The number of aryl methyl sites for hydroxylation is 1. The van der Waals surface area contributed by atoms with E-state index in [9.17, 15) is 4.79 Å². The van der Waals surface area contributed by atoms with E-state index in [0.29, 0.717) is 13.0 Å². The number of halogens is 1. The number of fused-ring (bicyclic) bond motifs is 1. The highest BCUT2D eigenvalue weighted by atomic mass is 35.5. The van der Waals surface area contributed by atoms with Crippen LogP contribution in [0.2, 0.25) is 0 Å². The monoisotopic (exact) mass is 312 g/mol. The van der Waals surface area contributed by atoms with E-state index in [1.165, 1.54) is 0 Å². The highest BCUT2D eigenvalue weighted by molar-refractivity contribution is 5.85. The summed E-state index contributed by atoms with van der Waals surface area (Å²) in [5, 5.41) is 3.88. The predicted octanol–water partition coefficient (Wildman–Crippen LogP) is 2.70. The molecule has 1 unspecified atom stereocenters. The molecule has 5 nitrogen and oxygen atoms in total. The lowest BCUT2D eigenvalue weighted by molar-refractivity contribution is -0.121. The number of rotatable bonds is 5. The zero-order valence-electron chi connectivity index (χ0n) is 12.4. The summed E-state index contributed by atoms with van der Waals surface area (Å²) >= 11 is 0. The van der Waals surface area contributed by atoms with Gasteiger partial charge in [0, 0.05) is 23.9 Å². The second-order valence-electron chi connectivity index (χ2n) is 4.78. The van der Waals surface area contributed by atoms with Crippen molar-refractivity contribution in [3.63, 3.8) is 0 Å². The summed E-state index contributed by atoms with van der Waals surface area (Å²) in [5.74, 6) is 1.48. The molecular formula is C15H21ClN2O3. The van der Waals surface area contributed by atoms with Crippen LogP contribution in [0.3, 0.4) is 0 Å². The van der Waals surface area contributed by atoms with E-state index in [1.807, 2.05) is 32.0 Å². The molecule has 1 atom stereocenters. The molecule has 0 aliphatic carbocycles. The number of amides is 1. The van der Waals surface area contributed by atoms with Crippen LogP contribution in [0.5, 0.6) is 5.75 Å². The fourth-order valence-electron chi connectivity index (χ4n) is 2.27. The molecule has 0 saturated carbocycles. The summed E-state index contributed by atoms with van der Waals surface area (Å²) in [7, 11) is 1.63. The van der Waals surface area contributed by atoms with Gasteiger partial charge < -0.3 is 20.2 Å². The highest BCUT2D eigenvalue weighted by Crippen LogP contribution is 2.31. The Hall–Kier alpha value is -1.72. The summed E-state index contributed by atoms with van der Waals surface area (Å²) in [6, 6.07) is 5.48. The summed E-state index contributed by atoms with van der Waals surface area (Å²) in [5.41, 5.74) is 7.17. The first kappa shape index (κ1) is 17.3. The number of nitrogens with one attached hydrogen (secondary N) is 1. The lowest BCUT2D eigenvalue weighted by atomic mass is 10.1. The average molecular weight is 313 g/mol. The van der Waals surface area contributed by atoms with E-state index < -0.39 is 0 Å². The molecule has 1 aromatic heterocycles. The minimum Gasteiger partial charge on any atom is -0.497 e. The van der Waals surface area contributed by atoms with E-state index in [2.05, 4.69) is 5.32 Å². The van der Waals surface area contributed by atoms with Gasteiger partial charge >= 0.3 is 0 Å². The Morgan fingerprint density at radius 1 is 1.48 bits per heavy atom. The Bertz CT molecular complexity index is 625. The fraction of sp³-hybridized carbons (Fsp3) is 0.400. The van der Waals surface area contributed by atoms with Gasteiger partial charge in [-0.1, -0.05) is 0 Å². The second kappa shape index (κ2) is 7.33. The van der Waals surface area contributed by atoms with Crippen molar-refractivity contribution < 1.29 is 13.9 Å². The molecule has 0 radical (unpaired) electrons. The van der Waals surface area contributed by atoms with Gasteiger partial charge in [-0.15, -0.1) is 12.4 Å². The van der Waals surface area contributed by atoms with E-state index in [1.54, 1.807) is 7.11 Å². The van der Waals surface area contributed by atoms with Crippen LogP contribution in [0.4, 0.5) is 0 Å². The molecule has 2 aromatic rings. The molecule has 116 valence electrons.